The van der Waals surface area contributed by atoms with Crippen molar-refractivity contribution in [2.45, 2.75) is 43.9 Å². The van der Waals surface area contributed by atoms with E-state index in [9.17, 15) is 0 Å². The smallest absolute Gasteiger partial charge is 0.0850 e. The van der Waals surface area contributed by atoms with Crippen LogP contribution < -0.4 is 0 Å². The first-order valence-corrected chi connectivity index (χ1v) is 10.7. The third-order valence-electron chi connectivity index (χ3n) is 5.79. The Bertz CT molecular complexity index is 1250. The van der Waals surface area contributed by atoms with Crippen LogP contribution in [-0.4, -0.2) is 4.98 Å². The fourth-order valence-electron chi connectivity index (χ4n) is 4.45. The summed E-state index contributed by atoms with van der Waals surface area (Å²) in [6, 6.07) is 18.0. The second kappa shape index (κ2) is 6.49. The van der Waals surface area contributed by atoms with Crippen molar-refractivity contribution in [2.75, 3.05) is 0 Å². The Kier molecular flexibility index (Phi) is 4.06. The van der Waals surface area contributed by atoms with E-state index in [4.69, 9.17) is 4.98 Å². The lowest BCUT2D eigenvalue weighted by Crippen LogP contribution is -2.00. The molecular formula is C26H23NS. The molecule has 1 nitrogen and oxygen atoms in total. The van der Waals surface area contributed by atoms with Crippen LogP contribution in [0.3, 0.4) is 0 Å². The minimum atomic E-state index is 1.05. The van der Waals surface area contributed by atoms with Crippen LogP contribution in [0, 0.1) is 20.8 Å². The summed E-state index contributed by atoms with van der Waals surface area (Å²) in [5.74, 6) is 0. The van der Waals surface area contributed by atoms with Crippen LogP contribution in [0.2, 0.25) is 0 Å². The maximum Gasteiger partial charge on any atom is 0.0850 e. The molecule has 0 unspecified atom stereocenters. The van der Waals surface area contributed by atoms with Gasteiger partial charge in [0, 0.05) is 26.9 Å². The molecule has 2 heterocycles. The third-order valence-corrected chi connectivity index (χ3v) is 6.95. The van der Waals surface area contributed by atoms with Crippen LogP contribution in [0.5, 0.6) is 0 Å². The van der Waals surface area contributed by atoms with Gasteiger partial charge in [-0.25, -0.2) is 0 Å². The van der Waals surface area contributed by atoms with Gasteiger partial charge in [0.1, 0.15) is 0 Å². The Morgan fingerprint density at radius 1 is 0.857 bits per heavy atom. The van der Waals surface area contributed by atoms with Gasteiger partial charge in [0.15, 0.2) is 0 Å². The summed E-state index contributed by atoms with van der Waals surface area (Å²) in [6.45, 7) is 8.83. The monoisotopic (exact) mass is 381 g/mol. The molecule has 0 N–H and O–H groups in total. The molecule has 2 heteroatoms. The van der Waals surface area contributed by atoms with Crippen molar-refractivity contribution in [1.82, 2.24) is 4.98 Å². The van der Waals surface area contributed by atoms with Crippen molar-refractivity contribution in [3.63, 3.8) is 0 Å². The van der Waals surface area contributed by atoms with E-state index in [1.807, 2.05) is 18.0 Å². The van der Waals surface area contributed by atoms with Gasteiger partial charge in [0.25, 0.3) is 0 Å². The van der Waals surface area contributed by atoms with Crippen LogP contribution in [0.25, 0.3) is 33.2 Å². The molecule has 5 rings (SSSR count). The minimum absolute atomic E-state index is 1.05. The van der Waals surface area contributed by atoms with Crippen LogP contribution >= 0.6 is 11.8 Å². The lowest BCUT2D eigenvalue weighted by molar-refractivity contribution is 1.09. The van der Waals surface area contributed by atoms with E-state index in [1.54, 1.807) is 0 Å². The zero-order chi connectivity index (χ0) is 19.4. The number of aromatic nitrogens is 1. The highest BCUT2D eigenvalue weighted by molar-refractivity contribution is 8.00. The Morgan fingerprint density at radius 3 is 2.50 bits per heavy atom. The average molecular weight is 382 g/mol. The van der Waals surface area contributed by atoms with E-state index in [-0.39, 0.29) is 0 Å². The number of hydrogen-bond donors (Lipinski definition) is 0. The summed E-state index contributed by atoms with van der Waals surface area (Å²) in [5, 5.41) is 2.70. The summed E-state index contributed by atoms with van der Waals surface area (Å²) in [6.07, 6.45) is 3.02. The van der Waals surface area contributed by atoms with Crippen molar-refractivity contribution < 1.29 is 0 Å². The van der Waals surface area contributed by atoms with Gasteiger partial charge in [-0.1, -0.05) is 54.6 Å². The summed E-state index contributed by atoms with van der Waals surface area (Å²) < 4.78 is 0. The van der Waals surface area contributed by atoms with E-state index in [1.165, 1.54) is 59.5 Å². The molecule has 0 amide bonds. The molecule has 138 valence electrons. The molecule has 1 aliphatic heterocycles. The first kappa shape index (κ1) is 17.5. The second-order valence-corrected chi connectivity index (χ2v) is 8.81. The number of hydrogen-bond acceptors (Lipinski definition) is 2. The Hall–Kier alpha value is -2.58. The molecule has 1 aliphatic rings. The van der Waals surface area contributed by atoms with E-state index < -0.39 is 0 Å². The van der Waals surface area contributed by atoms with Crippen molar-refractivity contribution in [2.24, 2.45) is 0 Å². The van der Waals surface area contributed by atoms with E-state index in [2.05, 4.69) is 76.2 Å². The van der Waals surface area contributed by atoms with Gasteiger partial charge in [0.05, 0.1) is 5.69 Å². The molecule has 3 aromatic carbocycles. The van der Waals surface area contributed by atoms with E-state index >= 15 is 0 Å². The molecular weight excluding hydrogens is 358 g/mol. The van der Waals surface area contributed by atoms with E-state index in [0.717, 1.165) is 12.1 Å². The molecule has 0 saturated carbocycles. The van der Waals surface area contributed by atoms with Gasteiger partial charge in [-0.05, 0) is 78.6 Å². The largest absolute Gasteiger partial charge is 0.255 e. The van der Waals surface area contributed by atoms with Gasteiger partial charge in [-0.3, -0.25) is 4.98 Å². The Morgan fingerprint density at radius 2 is 1.68 bits per heavy atom. The predicted molar refractivity (Wildman–Crippen MR) is 120 cm³/mol. The first-order valence-electron chi connectivity index (χ1n) is 9.88. The Balaban J connectivity index is 1.83. The summed E-state index contributed by atoms with van der Waals surface area (Å²) in [5.41, 5.74) is 10.4. The number of aryl methyl sites for hydroxylation is 3. The van der Waals surface area contributed by atoms with Crippen molar-refractivity contribution >= 4 is 22.5 Å². The highest BCUT2D eigenvalue weighted by Gasteiger charge is 2.24. The third kappa shape index (κ3) is 2.59. The molecule has 0 bridgehead atoms. The van der Waals surface area contributed by atoms with Gasteiger partial charge in [0.2, 0.25) is 0 Å². The van der Waals surface area contributed by atoms with Crippen molar-refractivity contribution in [1.29, 1.82) is 0 Å². The van der Waals surface area contributed by atoms with E-state index in [0.29, 0.717) is 0 Å². The zero-order valence-corrected chi connectivity index (χ0v) is 17.6. The predicted octanol–water partition coefficient (Wildman–Crippen LogP) is 7.52. The molecule has 0 saturated heterocycles. The highest BCUT2D eigenvalue weighted by atomic mass is 32.2. The van der Waals surface area contributed by atoms with Gasteiger partial charge in [-0.15, -0.1) is 0 Å². The Labute approximate surface area is 170 Å². The normalized spacial score (nSPS) is 12.3. The summed E-state index contributed by atoms with van der Waals surface area (Å²) in [7, 11) is 0. The SMILES string of the molecule is CCc1cc(C)cc(-c2nccc3c2Sc2cc(C)cc4cccc-3c24)c1C. The number of fused-ring (bicyclic) bond motifs is 2. The quantitative estimate of drug-likeness (QED) is 0.313. The number of rotatable bonds is 2. The second-order valence-electron chi connectivity index (χ2n) is 7.76. The van der Waals surface area contributed by atoms with Crippen LogP contribution in [0.15, 0.2) is 64.5 Å². The maximum absolute atomic E-state index is 4.88. The lowest BCUT2D eigenvalue weighted by Gasteiger charge is -2.23. The highest BCUT2D eigenvalue weighted by Crippen LogP contribution is 2.51. The molecule has 0 atom stereocenters. The molecule has 0 spiro atoms. The van der Waals surface area contributed by atoms with Crippen LogP contribution in [0.4, 0.5) is 0 Å². The van der Waals surface area contributed by atoms with Crippen molar-refractivity contribution in [3.8, 4) is 22.4 Å². The molecule has 28 heavy (non-hydrogen) atoms. The number of pyridine rings is 1. The standard InChI is InChI=1S/C26H23NS/c1-5-18-11-15(2)13-22(17(18)4)25-26-21(9-10-27-25)20-8-6-7-19-12-16(3)14-23(28-26)24(19)20/h6-14H,5H2,1-4H3. The molecule has 1 aromatic heterocycles. The molecule has 0 fully saturated rings. The number of benzene rings is 3. The topological polar surface area (TPSA) is 12.9 Å². The number of nitrogens with zero attached hydrogens (tertiary/aromatic N) is 1. The van der Waals surface area contributed by atoms with Gasteiger partial charge in [-0.2, -0.15) is 0 Å². The lowest BCUT2D eigenvalue weighted by atomic mass is 9.92. The van der Waals surface area contributed by atoms with Gasteiger partial charge >= 0.3 is 0 Å². The minimum Gasteiger partial charge on any atom is -0.255 e. The van der Waals surface area contributed by atoms with Crippen LogP contribution in [-0.2, 0) is 6.42 Å². The summed E-state index contributed by atoms with van der Waals surface area (Å²) >= 11 is 1.88. The fraction of sp³-hybridized carbons (Fsp3) is 0.192. The molecule has 0 aliphatic carbocycles. The summed E-state index contributed by atoms with van der Waals surface area (Å²) in [4.78, 5) is 7.50. The zero-order valence-electron chi connectivity index (χ0n) is 16.8. The van der Waals surface area contributed by atoms with Crippen LogP contribution in [0.1, 0.15) is 29.2 Å². The maximum atomic E-state index is 4.88. The molecule has 0 radical (unpaired) electrons. The van der Waals surface area contributed by atoms with Crippen molar-refractivity contribution in [3.05, 3.63) is 77.0 Å². The fourth-order valence-corrected chi connectivity index (χ4v) is 5.79. The van der Waals surface area contributed by atoms with Gasteiger partial charge < -0.3 is 0 Å². The first-order chi connectivity index (χ1) is 13.6. The average Bonchev–Trinajstić information content (AvgIpc) is 2.69. The molecule has 4 aromatic rings.